The number of pyridine rings is 1. The fourth-order valence-corrected chi connectivity index (χ4v) is 2.50. The molecule has 1 N–H and O–H groups in total. The number of aromatic amines is 1. The van der Waals surface area contributed by atoms with Crippen molar-refractivity contribution >= 4 is 26.8 Å². The fraction of sp³-hybridized carbons (Fsp3) is 0.308. The van der Waals surface area contributed by atoms with Crippen molar-refractivity contribution in [1.82, 2.24) is 4.98 Å². The molecule has 0 aliphatic carbocycles. The number of H-pyrrole nitrogens is 1. The van der Waals surface area contributed by atoms with Gasteiger partial charge in [-0.2, -0.15) is 0 Å². The van der Waals surface area contributed by atoms with Crippen LogP contribution in [0.15, 0.2) is 21.4 Å². The van der Waals surface area contributed by atoms with Crippen molar-refractivity contribution in [3.8, 4) is 0 Å². The lowest BCUT2D eigenvalue weighted by molar-refractivity contribution is 1.02. The zero-order valence-electron chi connectivity index (χ0n) is 9.65. The molecule has 0 radical (unpaired) electrons. The molecule has 0 unspecified atom stereocenters. The molecule has 2 nitrogen and oxygen atoms in total. The number of rotatable bonds is 1. The van der Waals surface area contributed by atoms with Crippen molar-refractivity contribution in [1.29, 1.82) is 0 Å². The number of halogens is 1. The van der Waals surface area contributed by atoms with Gasteiger partial charge in [-0.15, -0.1) is 0 Å². The topological polar surface area (TPSA) is 32.9 Å². The minimum Gasteiger partial charge on any atom is -0.358 e. The minimum atomic E-state index is 0.126. The van der Waals surface area contributed by atoms with Gasteiger partial charge in [0.15, 0.2) is 5.43 Å². The third kappa shape index (κ3) is 1.59. The summed E-state index contributed by atoms with van der Waals surface area (Å²) in [6.45, 7) is 5.95. The highest BCUT2D eigenvalue weighted by Crippen LogP contribution is 2.23. The molecule has 84 valence electrons. The van der Waals surface area contributed by atoms with Crippen molar-refractivity contribution in [2.24, 2.45) is 0 Å². The summed E-state index contributed by atoms with van der Waals surface area (Å²) in [5.41, 5.74) is 4.02. The molecule has 0 aliphatic rings. The summed E-state index contributed by atoms with van der Waals surface area (Å²) in [6.07, 6.45) is 0.850. The lowest BCUT2D eigenvalue weighted by Crippen LogP contribution is -2.12. The molecule has 2 rings (SSSR count). The Balaban J connectivity index is 3.04. The number of benzene rings is 1. The number of hydrogen-bond acceptors (Lipinski definition) is 1. The summed E-state index contributed by atoms with van der Waals surface area (Å²) in [6, 6.07) is 3.94. The van der Waals surface area contributed by atoms with E-state index in [0.29, 0.717) is 0 Å². The molecule has 2 aromatic rings. The number of hydrogen-bond donors (Lipinski definition) is 1. The SMILES string of the molecule is CCc1[nH]c2c(C)ccc(Br)c2c(=O)c1C. The number of nitrogens with one attached hydrogen (secondary N) is 1. The molecule has 1 aromatic carbocycles. The molecule has 16 heavy (non-hydrogen) atoms. The smallest absolute Gasteiger partial charge is 0.193 e. The fourth-order valence-electron chi connectivity index (χ4n) is 1.99. The second-order valence-corrected chi connectivity index (χ2v) is 4.88. The lowest BCUT2D eigenvalue weighted by atomic mass is 10.1. The highest BCUT2D eigenvalue weighted by atomic mass is 79.9. The first kappa shape index (κ1) is 11.4. The van der Waals surface area contributed by atoms with Crippen molar-refractivity contribution in [3.05, 3.63) is 43.6 Å². The van der Waals surface area contributed by atoms with Crippen LogP contribution in [0.5, 0.6) is 0 Å². The Morgan fingerprint density at radius 1 is 1.31 bits per heavy atom. The van der Waals surface area contributed by atoms with Gasteiger partial charge in [-0.3, -0.25) is 4.79 Å². The van der Waals surface area contributed by atoms with Crippen LogP contribution in [0.1, 0.15) is 23.7 Å². The van der Waals surface area contributed by atoms with Crippen LogP contribution < -0.4 is 5.43 Å². The highest BCUT2D eigenvalue weighted by molar-refractivity contribution is 9.10. The maximum Gasteiger partial charge on any atom is 0.193 e. The predicted octanol–water partition coefficient (Wildman–Crippen LogP) is 3.47. The van der Waals surface area contributed by atoms with Gasteiger partial charge < -0.3 is 4.98 Å². The Morgan fingerprint density at radius 3 is 2.62 bits per heavy atom. The van der Waals surface area contributed by atoms with Crippen molar-refractivity contribution in [3.63, 3.8) is 0 Å². The Kier molecular flexibility index (Phi) is 2.89. The van der Waals surface area contributed by atoms with Gasteiger partial charge in [0.25, 0.3) is 0 Å². The normalized spacial score (nSPS) is 11.0. The van der Waals surface area contributed by atoms with E-state index in [1.807, 2.05) is 26.0 Å². The molecular formula is C13H14BrNO. The van der Waals surface area contributed by atoms with Gasteiger partial charge in [0, 0.05) is 15.7 Å². The monoisotopic (exact) mass is 279 g/mol. The number of fused-ring (bicyclic) bond motifs is 1. The average molecular weight is 280 g/mol. The van der Waals surface area contributed by atoms with Crippen LogP contribution in [0.2, 0.25) is 0 Å². The Hall–Kier alpha value is -1.09. The molecule has 0 fully saturated rings. The Bertz CT molecular complexity index is 613. The van der Waals surface area contributed by atoms with Gasteiger partial charge in [-0.25, -0.2) is 0 Å². The molecule has 0 atom stereocenters. The number of aryl methyl sites for hydroxylation is 2. The summed E-state index contributed by atoms with van der Waals surface area (Å²) < 4.78 is 0.861. The zero-order valence-corrected chi connectivity index (χ0v) is 11.2. The Morgan fingerprint density at radius 2 is 2.00 bits per heavy atom. The second-order valence-electron chi connectivity index (χ2n) is 4.03. The quantitative estimate of drug-likeness (QED) is 0.852. The van der Waals surface area contributed by atoms with Gasteiger partial charge in [-0.1, -0.05) is 13.0 Å². The molecule has 1 aromatic heterocycles. The molecule has 0 saturated heterocycles. The summed E-state index contributed by atoms with van der Waals surface area (Å²) in [7, 11) is 0. The van der Waals surface area contributed by atoms with E-state index in [4.69, 9.17) is 0 Å². The van der Waals surface area contributed by atoms with Gasteiger partial charge >= 0.3 is 0 Å². The van der Waals surface area contributed by atoms with Crippen molar-refractivity contribution in [2.75, 3.05) is 0 Å². The van der Waals surface area contributed by atoms with E-state index in [0.717, 1.165) is 38.6 Å². The first-order chi connectivity index (χ1) is 7.56. The van der Waals surface area contributed by atoms with E-state index in [9.17, 15) is 4.79 Å². The van der Waals surface area contributed by atoms with Gasteiger partial charge in [0.2, 0.25) is 0 Å². The van der Waals surface area contributed by atoms with Crippen molar-refractivity contribution < 1.29 is 0 Å². The molecule has 1 heterocycles. The van der Waals surface area contributed by atoms with Crippen LogP contribution in [0.25, 0.3) is 10.9 Å². The van der Waals surface area contributed by atoms with Gasteiger partial charge in [-0.05, 0) is 47.8 Å². The number of aromatic nitrogens is 1. The van der Waals surface area contributed by atoms with Crippen LogP contribution in [0.3, 0.4) is 0 Å². The van der Waals surface area contributed by atoms with Crippen LogP contribution in [0.4, 0.5) is 0 Å². The summed E-state index contributed by atoms with van der Waals surface area (Å²) in [5, 5.41) is 0.759. The van der Waals surface area contributed by atoms with Gasteiger partial charge in [0.1, 0.15) is 0 Å². The third-order valence-electron chi connectivity index (χ3n) is 3.01. The maximum absolute atomic E-state index is 12.2. The van der Waals surface area contributed by atoms with Crippen LogP contribution in [0, 0.1) is 13.8 Å². The maximum atomic E-state index is 12.2. The highest BCUT2D eigenvalue weighted by Gasteiger charge is 2.11. The minimum absolute atomic E-state index is 0.126. The second kappa shape index (κ2) is 4.06. The molecule has 0 spiro atoms. The average Bonchev–Trinajstić information content (AvgIpc) is 2.27. The Labute approximate surface area is 103 Å². The van der Waals surface area contributed by atoms with E-state index in [-0.39, 0.29) is 5.43 Å². The summed E-state index contributed by atoms with van der Waals surface area (Å²) >= 11 is 3.44. The lowest BCUT2D eigenvalue weighted by Gasteiger charge is -2.09. The standard InChI is InChI=1S/C13H14BrNO/c1-4-10-8(3)13(16)11-9(14)6-5-7(2)12(11)15-10/h5-6H,4H2,1-3H3,(H,15,16). The summed E-state index contributed by atoms with van der Waals surface area (Å²) in [4.78, 5) is 15.6. The molecule has 0 saturated carbocycles. The molecule has 0 amide bonds. The van der Waals surface area contributed by atoms with E-state index in [1.165, 1.54) is 0 Å². The van der Waals surface area contributed by atoms with E-state index < -0.39 is 0 Å². The summed E-state index contributed by atoms with van der Waals surface area (Å²) in [5.74, 6) is 0. The first-order valence-electron chi connectivity index (χ1n) is 5.36. The molecule has 3 heteroatoms. The van der Waals surface area contributed by atoms with Crippen LogP contribution >= 0.6 is 15.9 Å². The van der Waals surface area contributed by atoms with Crippen molar-refractivity contribution in [2.45, 2.75) is 27.2 Å². The van der Waals surface area contributed by atoms with Gasteiger partial charge in [0.05, 0.1) is 10.9 Å². The molecule has 0 aliphatic heterocycles. The predicted molar refractivity (Wildman–Crippen MR) is 71.1 cm³/mol. The first-order valence-corrected chi connectivity index (χ1v) is 6.16. The largest absolute Gasteiger partial charge is 0.358 e. The molecular weight excluding hydrogens is 266 g/mol. The van der Waals surface area contributed by atoms with E-state index in [1.54, 1.807) is 0 Å². The van der Waals surface area contributed by atoms with E-state index in [2.05, 4.69) is 27.8 Å². The van der Waals surface area contributed by atoms with Crippen LogP contribution in [-0.4, -0.2) is 4.98 Å². The molecule has 0 bridgehead atoms. The zero-order chi connectivity index (χ0) is 11.9. The van der Waals surface area contributed by atoms with Crippen LogP contribution in [-0.2, 0) is 6.42 Å². The van der Waals surface area contributed by atoms with E-state index >= 15 is 0 Å². The third-order valence-corrected chi connectivity index (χ3v) is 3.67.